The lowest BCUT2D eigenvalue weighted by Gasteiger charge is -2.20. The van der Waals surface area contributed by atoms with Crippen LogP contribution in [0.2, 0.25) is 0 Å². The summed E-state index contributed by atoms with van der Waals surface area (Å²) < 4.78 is 0. The van der Waals surface area contributed by atoms with Gasteiger partial charge in [0.25, 0.3) is 0 Å². The predicted molar refractivity (Wildman–Crippen MR) is 65.1 cm³/mol. The molecule has 0 amide bonds. The van der Waals surface area contributed by atoms with Gasteiger partial charge in [0.15, 0.2) is 5.00 Å². The summed E-state index contributed by atoms with van der Waals surface area (Å²) in [5, 5.41) is 20.9. The summed E-state index contributed by atoms with van der Waals surface area (Å²) in [6.45, 7) is 5.53. The first-order valence-corrected chi connectivity index (χ1v) is 5.85. The highest BCUT2D eigenvalue weighted by Crippen LogP contribution is 2.40. The van der Waals surface area contributed by atoms with Crippen molar-refractivity contribution in [1.29, 1.82) is 0 Å². The number of nitrogens with zero attached hydrogens (tertiary/aromatic N) is 2. The monoisotopic (exact) mass is 244 g/mol. The van der Waals surface area contributed by atoms with Crippen LogP contribution < -0.4 is 4.90 Å². The van der Waals surface area contributed by atoms with E-state index in [1.807, 2.05) is 25.8 Å². The quantitative estimate of drug-likeness (QED) is 0.653. The SMILES string of the molecule is CC(C)N(C)c1sc([C@H](C)O)cc1[N+](=O)[O-]. The van der Waals surface area contributed by atoms with Crippen molar-refractivity contribution in [3.63, 3.8) is 0 Å². The van der Waals surface area contributed by atoms with E-state index in [1.165, 1.54) is 17.4 Å². The van der Waals surface area contributed by atoms with Gasteiger partial charge in [-0.3, -0.25) is 10.1 Å². The van der Waals surface area contributed by atoms with Crippen molar-refractivity contribution in [2.45, 2.75) is 32.9 Å². The average molecular weight is 244 g/mol. The Morgan fingerprint density at radius 2 is 2.06 bits per heavy atom. The number of nitro groups is 1. The molecule has 6 heteroatoms. The maximum absolute atomic E-state index is 10.9. The van der Waals surface area contributed by atoms with Crippen molar-refractivity contribution in [3.05, 3.63) is 21.1 Å². The number of hydrogen-bond acceptors (Lipinski definition) is 5. The molecule has 0 spiro atoms. The summed E-state index contributed by atoms with van der Waals surface area (Å²) >= 11 is 1.27. The molecule has 0 unspecified atom stereocenters. The van der Waals surface area contributed by atoms with Crippen LogP contribution in [0.15, 0.2) is 6.07 Å². The fourth-order valence-corrected chi connectivity index (χ4v) is 2.37. The lowest BCUT2D eigenvalue weighted by atomic mass is 10.3. The van der Waals surface area contributed by atoms with Crippen LogP contribution in [-0.2, 0) is 0 Å². The molecule has 0 saturated heterocycles. The van der Waals surface area contributed by atoms with Crippen LogP contribution in [0.25, 0.3) is 0 Å². The van der Waals surface area contributed by atoms with Gasteiger partial charge in [0.2, 0.25) is 0 Å². The number of aliphatic hydroxyl groups excluding tert-OH is 1. The molecule has 0 aliphatic rings. The Bertz CT molecular complexity index is 387. The summed E-state index contributed by atoms with van der Waals surface area (Å²) in [5.41, 5.74) is 0.0668. The van der Waals surface area contributed by atoms with Gasteiger partial charge < -0.3 is 10.0 Å². The molecule has 1 atom stereocenters. The Hall–Kier alpha value is -1.14. The van der Waals surface area contributed by atoms with Crippen LogP contribution >= 0.6 is 11.3 Å². The Balaban J connectivity index is 3.20. The van der Waals surface area contributed by atoms with Gasteiger partial charge in [0, 0.05) is 24.0 Å². The van der Waals surface area contributed by atoms with Gasteiger partial charge in [-0.05, 0) is 20.8 Å². The summed E-state index contributed by atoms with van der Waals surface area (Å²) in [7, 11) is 1.81. The fraction of sp³-hybridized carbons (Fsp3) is 0.600. The molecule has 1 aromatic heterocycles. The van der Waals surface area contributed by atoms with Crippen LogP contribution in [0.4, 0.5) is 10.7 Å². The third-order valence-electron chi connectivity index (χ3n) is 2.42. The molecule has 0 aliphatic carbocycles. The molecular weight excluding hydrogens is 228 g/mol. The van der Waals surface area contributed by atoms with E-state index >= 15 is 0 Å². The van der Waals surface area contributed by atoms with Crippen LogP contribution in [-0.4, -0.2) is 23.1 Å². The normalized spacial score (nSPS) is 12.9. The zero-order valence-corrected chi connectivity index (χ0v) is 10.6. The van der Waals surface area contributed by atoms with Gasteiger partial charge in [-0.15, -0.1) is 11.3 Å². The minimum Gasteiger partial charge on any atom is -0.388 e. The topological polar surface area (TPSA) is 66.6 Å². The third kappa shape index (κ3) is 2.51. The second kappa shape index (κ2) is 4.80. The van der Waals surface area contributed by atoms with Crippen molar-refractivity contribution in [2.75, 3.05) is 11.9 Å². The average Bonchev–Trinajstić information content (AvgIpc) is 2.60. The van der Waals surface area contributed by atoms with Gasteiger partial charge in [0.1, 0.15) is 0 Å². The number of hydrogen-bond donors (Lipinski definition) is 1. The highest BCUT2D eigenvalue weighted by molar-refractivity contribution is 7.16. The van der Waals surface area contributed by atoms with E-state index in [4.69, 9.17) is 0 Å². The molecule has 90 valence electrons. The van der Waals surface area contributed by atoms with Gasteiger partial charge in [-0.1, -0.05) is 0 Å². The molecule has 1 heterocycles. The highest BCUT2D eigenvalue weighted by atomic mass is 32.1. The number of thiophene rings is 1. The maximum Gasteiger partial charge on any atom is 0.304 e. The van der Waals surface area contributed by atoms with Crippen molar-refractivity contribution in [2.24, 2.45) is 0 Å². The largest absolute Gasteiger partial charge is 0.388 e. The van der Waals surface area contributed by atoms with Crippen LogP contribution in [0.1, 0.15) is 31.8 Å². The molecule has 16 heavy (non-hydrogen) atoms. The van der Waals surface area contributed by atoms with Gasteiger partial charge in [-0.25, -0.2) is 0 Å². The second-order valence-electron chi connectivity index (χ2n) is 3.98. The Morgan fingerprint density at radius 3 is 2.44 bits per heavy atom. The Morgan fingerprint density at radius 1 is 1.50 bits per heavy atom. The predicted octanol–water partition coefficient (Wildman–Crippen LogP) is 2.55. The fourth-order valence-electron chi connectivity index (χ4n) is 1.21. The van der Waals surface area contributed by atoms with Crippen LogP contribution in [0.3, 0.4) is 0 Å². The number of anilines is 1. The molecule has 1 aromatic rings. The molecule has 5 nitrogen and oxygen atoms in total. The lowest BCUT2D eigenvalue weighted by Crippen LogP contribution is -2.25. The van der Waals surface area contributed by atoms with Crippen molar-refractivity contribution >= 4 is 22.0 Å². The molecule has 0 aromatic carbocycles. The second-order valence-corrected chi connectivity index (χ2v) is 5.04. The smallest absolute Gasteiger partial charge is 0.304 e. The molecule has 0 saturated carbocycles. The summed E-state index contributed by atoms with van der Waals surface area (Å²) in [6.07, 6.45) is -0.669. The lowest BCUT2D eigenvalue weighted by molar-refractivity contribution is -0.383. The minimum atomic E-state index is -0.669. The molecule has 0 fully saturated rings. The molecule has 1 N–H and O–H groups in total. The summed E-state index contributed by atoms with van der Waals surface area (Å²) in [5.74, 6) is 0. The van der Waals surface area contributed by atoms with Crippen LogP contribution in [0.5, 0.6) is 0 Å². The van der Waals surface area contributed by atoms with E-state index in [-0.39, 0.29) is 11.7 Å². The molecule has 0 radical (unpaired) electrons. The van der Waals surface area contributed by atoms with Gasteiger partial charge >= 0.3 is 5.69 Å². The highest BCUT2D eigenvalue weighted by Gasteiger charge is 2.24. The van der Waals surface area contributed by atoms with E-state index in [1.54, 1.807) is 6.92 Å². The third-order valence-corrected chi connectivity index (χ3v) is 3.80. The molecule has 1 rings (SSSR count). The van der Waals surface area contributed by atoms with Gasteiger partial charge in [-0.2, -0.15) is 0 Å². The Labute approximate surface area is 98.5 Å². The first-order valence-electron chi connectivity index (χ1n) is 5.03. The van der Waals surface area contributed by atoms with Crippen molar-refractivity contribution < 1.29 is 10.0 Å². The minimum absolute atomic E-state index is 0.0668. The van der Waals surface area contributed by atoms with Gasteiger partial charge in [0.05, 0.1) is 11.0 Å². The Kier molecular flexibility index (Phi) is 3.88. The summed E-state index contributed by atoms with van der Waals surface area (Å²) in [4.78, 5) is 12.9. The van der Waals surface area contributed by atoms with Crippen molar-refractivity contribution in [1.82, 2.24) is 0 Å². The zero-order valence-electron chi connectivity index (χ0n) is 9.80. The number of rotatable bonds is 4. The van der Waals surface area contributed by atoms with E-state index in [2.05, 4.69) is 0 Å². The van der Waals surface area contributed by atoms with E-state index < -0.39 is 11.0 Å². The summed E-state index contributed by atoms with van der Waals surface area (Å²) in [6, 6.07) is 1.63. The van der Waals surface area contributed by atoms with Crippen molar-refractivity contribution in [3.8, 4) is 0 Å². The standard InChI is InChI=1S/C10H16N2O3S/c1-6(2)11(4)10-8(12(14)15)5-9(16-10)7(3)13/h5-7,13H,1-4H3/t7-/m0/s1. The first kappa shape index (κ1) is 12.9. The van der Waals surface area contributed by atoms with Crippen LogP contribution in [0, 0.1) is 10.1 Å². The van der Waals surface area contributed by atoms with E-state index in [9.17, 15) is 15.2 Å². The molecular formula is C10H16N2O3S. The number of aliphatic hydroxyl groups is 1. The zero-order chi connectivity index (χ0) is 12.5. The molecule has 0 aliphatic heterocycles. The van der Waals surface area contributed by atoms with E-state index in [0.717, 1.165) is 0 Å². The molecule has 0 bridgehead atoms. The maximum atomic E-state index is 10.9. The first-order chi connectivity index (χ1) is 7.34. The van der Waals surface area contributed by atoms with E-state index in [0.29, 0.717) is 9.88 Å².